The first-order chi connectivity index (χ1) is 8.29. The second-order valence-corrected chi connectivity index (χ2v) is 4.56. The third kappa shape index (κ3) is 2.84. The Balaban J connectivity index is 0.00000137. The van der Waals surface area contributed by atoms with Gasteiger partial charge in [0.2, 0.25) is 0 Å². The van der Waals surface area contributed by atoms with Crippen LogP contribution in [0.15, 0.2) is 13.2 Å². The summed E-state index contributed by atoms with van der Waals surface area (Å²) in [5.74, 6) is 0. The van der Waals surface area contributed by atoms with Gasteiger partial charge in [-0.1, -0.05) is 32.6 Å². The fraction of sp³-hybridized carbons (Fsp3) is 0.412. The largest absolute Gasteiger partial charge is 0.399 e. The molecule has 100 valence electrons. The second-order valence-electron chi connectivity index (χ2n) is 4.56. The molecule has 0 radical (unpaired) electrons. The second kappa shape index (κ2) is 6.44. The van der Waals surface area contributed by atoms with E-state index in [1.807, 2.05) is 20.8 Å². The van der Waals surface area contributed by atoms with E-state index >= 15 is 0 Å². The number of benzene rings is 1. The zero-order valence-corrected chi connectivity index (χ0v) is 13.0. The average molecular weight is 245 g/mol. The lowest BCUT2D eigenvalue weighted by molar-refractivity contribution is 1.18. The molecule has 1 aromatic rings. The molecule has 1 nitrogen and oxygen atoms in total. The molecule has 0 amide bonds. The van der Waals surface area contributed by atoms with Crippen molar-refractivity contribution in [1.29, 1.82) is 0 Å². The molecule has 18 heavy (non-hydrogen) atoms. The van der Waals surface area contributed by atoms with Gasteiger partial charge in [0.05, 0.1) is 0 Å². The Morgan fingerprint density at radius 1 is 0.778 bits per heavy atom. The van der Waals surface area contributed by atoms with Crippen molar-refractivity contribution in [2.75, 3.05) is 0 Å². The molecular weight excluding hydrogens is 218 g/mol. The minimum Gasteiger partial charge on any atom is -0.399 e. The van der Waals surface area contributed by atoms with Crippen LogP contribution in [0.2, 0.25) is 0 Å². The van der Waals surface area contributed by atoms with E-state index in [2.05, 4.69) is 40.9 Å². The first-order valence-corrected chi connectivity index (χ1v) is 6.50. The normalized spacial score (nSPS) is 9.50. The van der Waals surface area contributed by atoms with Crippen LogP contribution in [0, 0.1) is 27.7 Å². The lowest BCUT2D eigenvalue weighted by Gasteiger charge is -2.20. The number of nitrogens with two attached hydrogens (primary N) is 1. The third-order valence-electron chi connectivity index (χ3n) is 3.37. The SMILES string of the molecule is C=C(C)c1c(C)c(C)c(C)c(C(=C)N)c1C.CC. The van der Waals surface area contributed by atoms with Gasteiger partial charge < -0.3 is 5.73 Å². The summed E-state index contributed by atoms with van der Waals surface area (Å²) in [6.45, 7) is 22.4. The Morgan fingerprint density at radius 3 is 1.50 bits per heavy atom. The van der Waals surface area contributed by atoms with Gasteiger partial charge in [-0.2, -0.15) is 0 Å². The Kier molecular flexibility index (Phi) is 5.90. The van der Waals surface area contributed by atoms with E-state index in [9.17, 15) is 0 Å². The maximum absolute atomic E-state index is 5.88. The van der Waals surface area contributed by atoms with Crippen molar-refractivity contribution in [3.63, 3.8) is 0 Å². The molecule has 0 saturated heterocycles. The van der Waals surface area contributed by atoms with Gasteiger partial charge in [-0.3, -0.25) is 0 Å². The lowest BCUT2D eigenvalue weighted by atomic mass is 9.85. The zero-order valence-electron chi connectivity index (χ0n) is 13.0. The summed E-state index contributed by atoms with van der Waals surface area (Å²) >= 11 is 0. The fourth-order valence-corrected chi connectivity index (χ4v) is 2.47. The molecule has 0 saturated carbocycles. The highest BCUT2D eigenvalue weighted by Crippen LogP contribution is 2.32. The van der Waals surface area contributed by atoms with Gasteiger partial charge in [-0.05, 0) is 62.4 Å². The fourth-order valence-electron chi connectivity index (χ4n) is 2.47. The number of hydrogen-bond acceptors (Lipinski definition) is 1. The van der Waals surface area contributed by atoms with Crippen LogP contribution in [-0.2, 0) is 0 Å². The van der Waals surface area contributed by atoms with Crippen molar-refractivity contribution < 1.29 is 0 Å². The van der Waals surface area contributed by atoms with Crippen LogP contribution in [0.25, 0.3) is 11.3 Å². The molecule has 0 aliphatic heterocycles. The maximum atomic E-state index is 5.88. The van der Waals surface area contributed by atoms with E-state index in [1.165, 1.54) is 27.8 Å². The molecule has 0 aliphatic carbocycles. The molecule has 0 bridgehead atoms. The van der Waals surface area contributed by atoms with Crippen LogP contribution in [0.1, 0.15) is 54.2 Å². The van der Waals surface area contributed by atoms with Crippen molar-refractivity contribution in [2.45, 2.75) is 48.5 Å². The van der Waals surface area contributed by atoms with Gasteiger partial charge >= 0.3 is 0 Å². The van der Waals surface area contributed by atoms with Gasteiger partial charge in [0, 0.05) is 11.3 Å². The third-order valence-corrected chi connectivity index (χ3v) is 3.37. The average Bonchev–Trinajstić information content (AvgIpc) is 2.28. The summed E-state index contributed by atoms with van der Waals surface area (Å²) in [7, 11) is 0. The van der Waals surface area contributed by atoms with E-state index in [4.69, 9.17) is 5.73 Å². The van der Waals surface area contributed by atoms with E-state index in [0.717, 1.165) is 11.1 Å². The zero-order chi connectivity index (χ0) is 14.6. The molecule has 0 spiro atoms. The van der Waals surface area contributed by atoms with E-state index in [-0.39, 0.29) is 0 Å². The van der Waals surface area contributed by atoms with E-state index in [0.29, 0.717) is 5.70 Å². The van der Waals surface area contributed by atoms with Gasteiger partial charge in [0.15, 0.2) is 0 Å². The topological polar surface area (TPSA) is 26.0 Å². The van der Waals surface area contributed by atoms with Crippen molar-refractivity contribution in [1.82, 2.24) is 0 Å². The molecule has 1 heteroatoms. The molecule has 1 aromatic carbocycles. The van der Waals surface area contributed by atoms with Gasteiger partial charge in [0.1, 0.15) is 0 Å². The van der Waals surface area contributed by atoms with Crippen molar-refractivity contribution >= 4 is 11.3 Å². The van der Waals surface area contributed by atoms with Crippen LogP contribution >= 0.6 is 0 Å². The van der Waals surface area contributed by atoms with Crippen LogP contribution < -0.4 is 5.73 Å². The van der Waals surface area contributed by atoms with E-state index in [1.54, 1.807) is 0 Å². The first-order valence-electron chi connectivity index (χ1n) is 6.50. The summed E-state index contributed by atoms with van der Waals surface area (Å²) < 4.78 is 0. The lowest BCUT2D eigenvalue weighted by Crippen LogP contribution is -2.07. The highest BCUT2D eigenvalue weighted by atomic mass is 14.6. The Labute approximate surface area is 112 Å². The summed E-state index contributed by atoms with van der Waals surface area (Å²) in [6, 6.07) is 0. The quantitative estimate of drug-likeness (QED) is 0.787. The monoisotopic (exact) mass is 245 g/mol. The first kappa shape index (κ1) is 16.5. The molecule has 0 atom stereocenters. The van der Waals surface area contributed by atoms with Crippen LogP contribution in [0.4, 0.5) is 0 Å². The highest BCUT2D eigenvalue weighted by Gasteiger charge is 2.15. The Bertz CT molecular complexity index is 438. The van der Waals surface area contributed by atoms with Crippen LogP contribution in [0.3, 0.4) is 0 Å². The maximum Gasteiger partial charge on any atom is 0.0320 e. The van der Waals surface area contributed by atoms with Crippen LogP contribution in [-0.4, -0.2) is 0 Å². The molecule has 0 aliphatic rings. The highest BCUT2D eigenvalue weighted by molar-refractivity contribution is 5.78. The number of allylic oxidation sites excluding steroid dienone is 1. The number of hydrogen-bond donors (Lipinski definition) is 1. The summed E-state index contributed by atoms with van der Waals surface area (Å²) in [5.41, 5.74) is 14.9. The Morgan fingerprint density at radius 2 is 1.17 bits per heavy atom. The molecule has 0 unspecified atom stereocenters. The van der Waals surface area contributed by atoms with Crippen molar-refractivity contribution in [3.05, 3.63) is 46.5 Å². The van der Waals surface area contributed by atoms with Crippen molar-refractivity contribution in [3.8, 4) is 0 Å². The summed E-state index contributed by atoms with van der Waals surface area (Å²) in [5, 5.41) is 0. The smallest absolute Gasteiger partial charge is 0.0320 e. The molecule has 0 fully saturated rings. The van der Waals surface area contributed by atoms with Gasteiger partial charge in [-0.15, -0.1) is 0 Å². The Hall–Kier alpha value is -1.50. The molecular formula is C17H27N. The van der Waals surface area contributed by atoms with E-state index < -0.39 is 0 Å². The molecule has 1 rings (SSSR count). The van der Waals surface area contributed by atoms with Crippen LogP contribution in [0.5, 0.6) is 0 Å². The minimum absolute atomic E-state index is 0.639. The van der Waals surface area contributed by atoms with Crippen molar-refractivity contribution in [2.24, 2.45) is 5.73 Å². The van der Waals surface area contributed by atoms with Gasteiger partial charge in [-0.25, -0.2) is 0 Å². The molecule has 0 aromatic heterocycles. The summed E-state index contributed by atoms with van der Waals surface area (Å²) in [4.78, 5) is 0. The summed E-state index contributed by atoms with van der Waals surface area (Å²) in [6.07, 6.45) is 0. The predicted molar refractivity (Wildman–Crippen MR) is 84.7 cm³/mol. The predicted octanol–water partition coefficient (Wildman–Crippen LogP) is 4.91. The molecule has 0 heterocycles. The van der Waals surface area contributed by atoms with Gasteiger partial charge in [0.25, 0.3) is 0 Å². The number of rotatable bonds is 2. The standard InChI is InChI=1S/C15H21N.C2H6/c1-8(2)14-10(4)9(3)11(5)15(12(14)6)13(7)16;1-2/h1,7,16H2,2-6H3;1-2H3. The molecule has 2 N–H and O–H groups in total. The minimum atomic E-state index is 0.639.